The zero-order chi connectivity index (χ0) is 14.5. The highest BCUT2D eigenvalue weighted by Gasteiger charge is 2.15. The van der Waals surface area contributed by atoms with Crippen LogP contribution in [0.5, 0.6) is 0 Å². The van der Waals surface area contributed by atoms with Gasteiger partial charge >= 0.3 is 0 Å². The van der Waals surface area contributed by atoms with E-state index in [2.05, 4.69) is 15.3 Å². The van der Waals surface area contributed by atoms with Gasteiger partial charge in [-0.3, -0.25) is 14.8 Å². The average molecular weight is 285 g/mol. The minimum Gasteiger partial charge on any atom is -0.381 e. The molecular weight excluding hydrogens is 266 g/mol. The van der Waals surface area contributed by atoms with Crippen LogP contribution in [-0.4, -0.2) is 35.6 Å². The summed E-state index contributed by atoms with van der Waals surface area (Å²) in [5.41, 5.74) is 2.18. The highest BCUT2D eigenvalue weighted by atomic mass is 16.5. The number of rotatable bonds is 5. The van der Waals surface area contributed by atoms with Gasteiger partial charge in [-0.2, -0.15) is 0 Å². The van der Waals surface area contributed by atoms with E-state index < -0.39 is 0 Å². The second kappa shape index (κ2) is 6.63. The summed E-state index contributed by atoms with van der Waals surface area (Å²) in [4.78, 5) is 20.5. The Balaban J connectivity index is 1.51. The molecule has 1 amide bonds. The molecule has 1 unspecified atom stereocenters. The number of aromatic nitrogens is 2. The number of carbonyl (C=O) groups excluding carboxylic acids is 1. The minimum absolute atomic E-state index is 0.0507. The van der Waals surface area contributed by atoms with Gasteiger partial charge in [-0.1, -0.05) is 0 Å². The summed E-state index contributed by atoms with van der Waals surface area (Å²) in [6, 6.07) is 5.40. The van der Waals surface area contributed by atoms with E-state index in [-0.39, 0.29) is 5.91 Å². The fraction of sp³-hybridized carbons (Fsp3) is 0.438. The van der Waals surface area contributed by atoms with E-state index in [1.807, 2.05) is 6.07 Å². The van der Waals surface area contributed by atoms with Crippen LogP contribution >= 0.6 is 0 Å². The number of fused-ring (bicyclic) bond motifs is 1. The molecule has 3 rings (SSSR count). The molecular formula is C16H19N3O2. The molecule has 2 aromatic rings. The summed E-state index contributed by atoms with van der Waals surface area (Å²) in [5.74, 6) is 0.614. The average Bonchev–Trinajstić information content (AvgIpc) is 3.04. The number of amides is 1. The van der Waals surface area contributed by atoms with Crippen LogP contribution in [0.1, 0.15) is 29.6 Å². The van der Waals surface area contributed by atoms with Gasteiger partial charge in [0.15, 0.2) is 0 Å². The van der Waals surface area contributed by atoms with Gasteiger partial charge in [-0.15, -0.1) is 0 Å². The lowest BCUT2D eigenvalue weighted by Gasteiger charge is -2.08. The van der Waals surface area contributed by atoms with Crippen LogP contribution in [0.3, 0.4) is 0 Å². The van der Waals surface area contributed by atoms with Gasteiger partial charge in [0.05, 0.1) is 11.0 Å². The van der Waals surface area contributed by atoms with Crippen molar-refractivity contribution in [3.8, 4) is 0 Å². The molecule has 110 valence electrons. The Hall–Kier alpha value is -2.01. The molecule has 1 aromatic heterocycles. The third kappa shape index (κ3) is 3.55. The van der Waals surface area contributed by atoms with Crippen molar-refractivity contribution in [3.05, 3.63) is 36.2 Å². The Bertz CT molecular complexity index is 624. The second-order valence-corrected chi connectivity index (χ2v) is 5.39. The van der Waals surface area contributed by atoms with Crippen LogP contribution in [0.25, 0.3) is 11.0 Å². The lowest BCUT2D eigenvalue weighted by molar-refractivity contribution is 0.0952. The third-order valence-electron chi connectivity index (χ3n) is 3.83. The largest absolute Gasteiger partial charge is 0.381 e. The maximum atomic E-state index is 12.1. The Morgan fingerprint density at radius 1 is 1.29 bits per heavy atom. The number of carbonyl (C=O) groups is 1. The summed E-state index contributed by atoms with van der Waals surface area (Å²) in [5, 5.41) is 2.96. The minimum atomic E-state index is -0.0507. The monoisotopic (exact) mass is 285 g/mol. The van der Waals surface area contributed by atoms with E-state index in [4.69, 9.17) is 4.74 Å². The topological polar surface area (TPSA) is 64.1 Å². The first-order valence-electron chi connectivity index (χ1n) is 7.39. The van der Waals surface area contributed by atoms with Crippen molar-refractivity contribution in [2.45, 2.75) is 19.3 Å². The first-order valence-corrected chi connectivity index (χ1v) is 7.39. The number of hydrogen-bond acceptors (Lipinski definition) is 4. The standard InChI is InChI=1S/C16H19N3O2/c20-16(19-6-1-2-12-5-9-21-11-12)13-3-4-14-15(10-13)18-8-7-17-14/h3-4,7-8,10,12H,1-2,5-6,9,11H2,(H,19,20). The van der Waals surface area contributed by atoms with E-state index >= 15 is 0 Å². The maximum absolute atomic E-state index is 12.1. The third-order valence-corrected chi connectivity index (χ3v) is 3.83. The predicted molar refractivity (Wildman–Crippen MR) is 80.0 cm³/mol. The molecule has 1 aromatic carbocycles. The molecule has 2 heterocycles. The van der Waals surface area contributed by atoms with Crippen LogP contribution in [0.4, 0.5) is 0 Å². The fourth-order valence-corrected chi connectivity index (χ4v) is 2.61. The molecule has 0 bridgehead atoms. The molecule has 21 heavy (non-hydrogen) atoms. The number of nitrogens with zero attached hydrogens (tertiary/aromatic N) is 2. The number of ether oxygens (including phenoxy) is 1. The Kier molecular flexibility index (Phi) is 4.40. The second-order valence-electron chi connectivity index (χ2n) is 5.39. The van der Waals surface area contributed by atoms with Crippen molar-refractivity contribution in [2.75, 3.05) is 19.8 Å². The lowest BCUT2D eigenvalue weighted by atomic mass is 10.0. The van der Waals surface area contributed by atoms with Crippen LogP contribution < -0.4 is 5.32 Å². The first-order chi connectivity index (χ1) is 10.3. The zero-order valence-corrected chi connectivity index (χ0v) is 11.9. The molecule has 5 heteroatoms. The van der Waals surface area contributed by atoms with Gasteiger partial charge in [0.1, 0.15) is 0 Å². The van der Waals surface area contributed by atoms with Crippen LogP contribution in [-0.2, 0) is 4.74 Å². The molecule has 1 fully saturated rings. The van der Waals surface area contributed by atoms with Crippen molar-refractivity contribution in [3.63, 3.8) is 0 Å². The van der Waals surface area contributed by atoms with E-state index in [9.17, 15) is 4.79 Å². The van der Waals surface area contributed by atoms with Gasteiger partial charge < -0.3 is 10.1 Å². The normalized spacial score (nSPS) is 18.0. The summed E-state index contributed by atoms with van der Waals surface area (Å²) >= 11 is 0. The SMILES string of the molecule is O=C(NCCCC1CCOC1)c1ccc2nccnc2c1. The molecule has 1 aliphatic rings. The van der Waals surface area contributed by atoms with Crippen molar-refractivity contribution in [2.24, 2.45) is 5.92 Å². The molecule has 1 aliphatic heterocycles. The fourth-order valence-electron chi connectivity index (χ4n) is 2.61. The van der Waals surface area contributed by atoms with E-state index in [1.165, 1.54) is 0 Å². The van der Waals surface area contributed by atoms with Crippen molar-refractivity contribution in [1.82, 2.24) is 15.3 Å². The van der Waals surface area contributed by atoms with E-state index in [0.717, 1.165) is 43.5 Å². The van der Waals surface area contributed by atoms with Crippen molar-refractivity contribution >= 4 is 16.9 Å². The summed E-state index contributed by atoms with van der Waals surface area (Å²) in [6.45, 7) is 2.46. The smallest absolute Gasteiger partial charge is 0.251 e. The van der Waals surface area contributed by atoms with Gasteiger partial charge in [-0.05, 0) is 43.4 Å². The van der Waals surface area contributed by atoms with Gasteiger partial charge in [0.2, 0.25) is 0 Å². The quantitative estimate of drug-likeness (QED) is 0.855. The number of hydrogen-bond donors (Lipinski definition) is 1. The van der Waals surface area contributed by atoms with E-state index in [1.54, 1.807) is 24.5 Å². The molecule has 0 spiro atoms. The summed E-state index contributed by atoms with van der Waals surface area (Å²) < 4.78 is 5.35. The summed E-state index contributed by atoms with van der Waals surface area (Å²) in [7, 11) is 0. The zero-order valence-electron chi connectivity index (χ0n) is 11.9. The number of benzene rings is 1. The highest BCUT2D eigenvalue weighted by Crippen LogP contribution is 2.17. The Morgan fingerprint density at radius 3 is 2.95 bits per heavy atom. The first kappa shape index (κ1) is 13.9. The van der Waals surface area contributed by atoms with Crippen molar-refractivity contribution in [1.29, 1.82) is 0 Å². The molecule has 0 radical (unpaired) electrons. The highest BCUT2D eigenvalue weighted by molar-refractivity contribution is 5.97. The molecule has 1 saturated heterocycles. The van der Waals surface area contributed by atoms with Crippen LogP contribution in [0.2, 0.25) is 0 Å². The number of nitrogens with one attached hydrogen (secondary N) is 1. The molecule has 5 nitrogen and oxygen atoms in total. The van der Waals surface area contributed by atoms with Crippen LogP contribution in [0.15, 0.2) is 30.6 Å². The molecule has 1 N–H and O–H groups in total. The predicted octanol–water partition coefficient (Wildman–Crippen LogP) is 2.18. The van der Waals surface area contributed by atoms with Gasteiger partial charge in [0, 0.05) is 37.7 Å². The molecule has 0 aliphatic carbocycles. The lowest BCUT2D eigenvalue weighted by Crippen LogP contribution is -2.24. The summed E-state index contributed by atoms with van der Waals surface area (Å²) in [6.07, 6.45) is 6.54. The Labute approximate surface area is 123 Å². The van der Waals surface area contributed by atoms with E-state index in [0.29, 0.717) is 18.0 Å². The molecule has 0 saturated carbocycles. The van der Waals surface area contributed by atoms with Crippen LogP contribution in [0, 0.1) is 5.92 Å². The Morgan fingerprint density at radius 2 is 2.14 bits per heavy atom. The van der Waals surface area contributed by atoms with Gasteiger partial charge in [0.25, 0.3) is 5.91 Å². The van der Waals surface area contributed by atoms with Crippen molar-refractivity contribution < 1.29 is 9.53 Å². The molecule has 1 atom stereocenters. The maximum Gasteiger partial charge on any atom is 0.251 e. The van der Waals surface area contributed by atoms with Gasteiger partial charge in [-0.25, -0.2) is 0 Å².